The van der Waals surface area contributed by atoms with E-state index in [4.69, 9.17) is 5.26 Å². The summed E-state index contributed by atoms with van der Waals surface area (Å²) in [6, 6.07) is 9.67. The zero-order valence-electron chi connectivity index (χ0n) is 8.68. The van der Waals surface area contributed by atoms with Crippen LogP contribution in [-0.2, 0) is 0 Å². The van der Waals surface area contributed by atoms with Crippen molar-refractivity contribution >= 4 is 16.8 Å². The van der Waals surface area contributed by atoms with E-state index < -0.39 is 0 Å². The van der Waals surface area contributed by atoms with Gasteiger partial charge in [0.2, 0.25) is 5.91 Å². The quantitative estimate of drug-likeness (QED) is 0.726. The van der Waals surface area contributed by atoms with E-state index in [1.807, 2.05) is 24.3 Å². The molecule has 78 valence electrons. The maximum Gasteiger partial charge on any atom is 0.234 e. The molecule has 0 radical (unpaired) electrons. The van der Waals surface area contributed by atoms with E-state index in [1.165, 1.54) is 0 Å². The number of para-hydroxylation sites is 1. The molecule has 1 aromatic heterocycles. The number of carbonyl (C=O) groups excluding carboxylic acids is 1. The number of nitriles is 1. The predicted octanol–water partition coefficient (Wildman–Crippen LogP) is 2.56. The summed E-state index contributed by atoms with van der Waals surface area (Å²) in [7, 11) is 0. The van der Waals surface area contributed by atoms with E-state index in [-0.39, 0.29) is 11.8 Å². The van der Waals surface area contributed by atoms with Gasteiger partial charge in [0.25, 0.3) is 0 Å². The Morgan fingerprint density at radius 1 is 1.38 bits per heavy atom. The summed E-state index contributed by atoms with van der Waals surface area (Å²) in [5.41, 5.74) is 1.42. The third-order valence-electron chi connectivity index (χ3n) is 3.00. The molecule has 0 atom stereocenters. The molecule has 1 saturated carbocycles. The zero-order valence-corrected chi connectivity index (χ0v) is 8.68. The van der Waals surface area contributed by atoms with Gasteiger partial charge < -0.3 is 0 Å². The van der Waals surface area contributed by atoms with Crippen LogP contribution in [-0.4, -0.2) is 10.5 Å². The predicted molar refractivity (Wildman–Crippen MR) is 60.0 cm³/mol. The first-order chi connectivity index (χ1) is 7.81. The lowest BCUT2D eigenvalue weighted by molar-refractivity contribution is 0.0891. The van der Waals surface area contributed by atoms with Crippen molar-refractivity contribution in [1.29, 1.82) is 5.26 Å². The molecule has 3 heteroatoms. The smallest absolute Gasteiger partial charge is 0.234 e. The second-order valence-corrected chi connectivity index (χ2v) is 4.15. The van der Waals surface area contributed by atoms with Crippen molar-refractivity contribution in [3.05, 3.63) is 36.0 Å². The fourth-order valence-electron chi connectivity index (χ4n) is 1.98. The molecule has 2 aromatic rings. The van der Waals surface area contributed by atoms with Gasteiger partial charge in [-0.2, -0.15) is 5.26 Å². The van der Waals surface area contributed by atoms with E-state index in [1.54, 1.807) is 10.8 Å². The molecule has 0 N–H and O–H groups in total. The molecule has 16 heavy (non-hydrogen) atoms. The number of rotatable bonds is 1. The minimum absolute atomic E-state index is 0.123. The minimum atomic E-state index is 0.123. The van der Waals surface area contributed by atoms with E-state index in [0.717, 1.165) is 23.7 Å². The highest BCUT2D eigenvalue weighted by Crippen LogP contribution is 2.32. The molecule has 0 aliphatic heterocycles. The minimum Gasteiger partial charge on any atom is -0.286 e. The van der Waals surface area contributed by atoms with Crippen LogP contribution >= 0.6 is 0 Å². The second kappa shape index (κ2) is 3.21. The van der Waals surface area contributed by atoms with Gasteiger partial charge in [0.05, 0.1) is 11.1 Å². The third kappa shape index (κ3) is 1.24. The molecule has 0 saturated heterocycles. The molecule has 1 aliphatic carbocycles. The van der Waals surface area contributed by atoms with Crippen molar-refractivity contribution in [2.75, 3.05) is 0 Å². The summed E-state index contributed by atoms with van der Waals surface area (Å²) < 4.78 is 1.63. The van der Waals surface area contributed by atoms with Gasteiger partial charge in [-0.25, -0.2) is 0 Å². The van der Waals surface area contributed by atoms with Crippen molar-refractivity contribution < 1.29 is 4.79 Å². The number of hydrogen-bond donors (Lipinski definition) is 0. The topological polar surface area (TPSA) is 45.8 Å². The Labute approximate surface area is 92.9 Å². The lowest BCUT2D eigenvalue weighted by atomic mass is 10.2. The van der Waals surface area contributed by atoms with Crippen molar-refractivity contribution in [2.45, 2.75) is 12.8 Å². The average molecular weight is 210 g/mol. The van der Waals surface area contributed by atoms with Crippen molar-refractivity contribution in [3.63, 3.8) is 0 Å². The van der Waals surface area contributed by atoms with E-state index in [9.17, 15) is 4.79 Å². The number of benzene rings is 1. The molecule has 0 amide bonds. The Kier molecular flexibility index (Phi) is 1.84. The highest BCUT2D eigenvalue weighted by Gasteiger charge is 2.31. The molecule has 0 bridgehead atoms. The van der Waals surface area contributed by atoms with Crippen LogP contribution in [0.25, 0.3) is 10.9 Å². The van der Waals surface area contributed by atoms with Gasteiger partial charge in [-0.1, -0.05) is 18.2 Å². The summed E-state index contributed by atoms with van der Waals surface area (Å²) in [5, 5.41) is 9.87. The van der Waals surface area contributed by atoms with E-state index in [0.29, 0.717) is 5.56 Å². The summed E-state index contributed by atoms with van der Waals surface area (Å²) in [4.78, 5) is 12.0. The first-order valence-electron chi connectivity index (χ1n) is 5.35. The summed E-state index contributed by atoms with van der Waals surface area (Å²) in [6.07, 6.45) is 3.62. The molecule has 1 aromatic carbocycles. The highest BCUT2D eigenvalue weighted by atomic mass is 16.2. The zero-order chi connectivity index (χ0) is 11.1. The Bertz CT molecular complexity index is 614. The molecule has 3 nitrogen and oxygen atoms in total. The largest absolute Gasteiger partial charge is 0.286 e. The number of aromatic nitrogens is 1. The summed E-state index contributed by atoms with van der Waals surface area (Å²) >= 11 is 0. The average Bonchev–Trinajstić information content (AvgIpc) is 3.09. The van der Waals surface area contributed by atoms with Crippen LogP contribution in [0, 0.1) is 17.2 Å². The lowest BCUT2D eigenvalue weighted by Gasteiger charge is -2.01. The van der Waals surface area contributed by atoms with Gasteiger partial charge in [0, 0.05) is 17.5 Å². The molecule has 1 aliphatic rings. The van der Waals surface area contributed by atoms with Gasteiger partial charge in [-0.3, -0.25) is 9.36 Å². The third-order valence-corrected chi connectivity index (χ3v) is 3.00. The molecule has 3 rings (SSSR count). The first-order valence-corrected chi connectivity index (χ1v) is 5.35. The summed E-state index contributed by atoms with van der Waals surface area (Å²) in [5.74, 6) is 0.292. The van der Waals surface area contributed by atoms with Crippen LogP contribution in [0.1, 0.15) is 23.2 Å². The SMILES string of the molecule is N#Cc1cn(C(=O)C2CC2)c2ccccc12. The van der Waals surface area contributed by atoms with Gasteiger partial charge in [-0.15, -0.1) is 0 Å². The molecule has 1 fully saturated rings. The van der Waals surface area contributed by atoms with Gasteiger partial charge in [0.1, 0.15) is 6.07 Å². The molecule has 0 unspecified atom stereocenters. The van der Waals surface area contributed by atoms with Gasteiger partial charge in [-0.05, 0) is 18.9 Å². The van der Waals surface area contributed by atoms with Gasteiger partial charge >= 0.3 is 0 Å². The van der Waals surface area contributed by atoms with Crippen LogP contribution in [0.2, 0.25) is 0 Å². The van der Waals surface area contributed by atoms with Crippen LogP contribution in [0.15, 0.2) is 30.5 Å². The first kappa shape index (κ1) is 9.17. The lowest BCUT2D eigenvalue weighted by Crippen LogP contribution is -2.10. The second-order valence-electron chi connectivity index (χ2n) is 4.15. The maximum absolute atomic E-state index is 12.0. The Balaban J connectivity index is 2.25. The van der Waals surface area contributed by atoms with E-state index >= 15 is 0 Å². The normalized spacial score (nSPS) is 14.9. The molecular weight excluding hydrogens is 200 g/mol. The number of hydrogen-bond acceptors (Lipinski definition) is 2. The molecule has 1 heterocycles. The molecular formula is C13H10N2O. The van der Waals surface area contributed by atoms with E-state index in [2.05, 4.69) is 6.07 Å². The highest BCUT2D eigenvalue weighted by molar-refractivity contribution is 5.97. The van der Waals surface area contributed by atoms with Crippen molar-refractivity contribution in [2.24, 2.45) is 5.92 Å². The maximum atomic E-state index is 12.0. The Hall–Kier alpha value is -2.08. The van der Waals surface area contributed by atoms with Crippen molar-refractivity contribution in [1.82, 2.24) is 4.57 Å². The van der Waals surface area contributed by atoms with Crippen LogP contribution < -0.4 is 0 Å². The fourth-order valence-corrected chi connectivity index (χ4v) is 1.98. The number of carbonyl (C=O) groups is 1. The number of fused-ring (bicyclic) bond motifs is 1. The van der Waals surface area contributed by atoms with Crippen LogP contribution in [0.5, 0.6) is 0 Å². The van der Waals surface area contributed by atoms with Gasteiger partial charge in [0.15, 0.2) is 0 Å². The Morgan fingerprint density at radius 2 is 2.12 bits per heavy atom. The standard InChI is InChI=1S/C13H10N2O/c14-7-10-8-15(13(16)9-5-6-9)12-4-2-1-3-11(10)12/h1-4,8-9H,5-6H2. The van der Waals surface area contributed by atoms with Crippen LogP contribution in [0.3, 0.4) is 0 Å². The van der Waals surface area contributed by atoms with Crippen LogP contribution in [0.4, 0.5) is 0 Å². The monoisotopic (exact) mass is 210 g/mol. The molecule has 0 spiro atoms. The Morgan fingerprint density at radius 3 is 2.81 bits per heavy atom. The number of nitrogens with zero attached hydrogens (tertiary/aromatic N) is 2. The fraction of sp³-hybridized carbons (Fsp3) is 0.231. The van der Waals surface area contributed by atoms with Crippen molar-refractivity contribution in [3.8, 4) is 6.07 Å². The summed E-state index contributed by atoms with van der Waals surface area (Å²) in [6.45, 7) is 0.